The Labute approximate surface area is 127 Å². The fourth-order valence-corrected chi connectivity index (χ4v) is 2.45. The van der Waals surface area contributed by atoms with Gasteiger partial charge in [0.15, 0.2) is 0 Å². The smallest absolute Gasteiger partial charge is 0.274 e. The van der Waals surface area contributed by atoms with E-state index in [0.29, 0.717) is 5.56 Å². The van der Waals surface area contributed by atoms with Crippen LogP contribution >= 0.6 is 0 Å². The quantitative estimate of drug-likeness (QED) is 0.512. The van der Waals surface area contributed by atoms with Gasteiger partial charge in [-0.25, -0.2) is 5.48 Å². The molecular formula is C17H16N2O3. The minimum Gasteiger partial charge on any atom is -0.497 e. The number of fused-ring (bicyclic) bond motifs is 1. The predicted octanol–water partition coefficient (Wildman–Crippen LogP) is 2.89. The van der Waals surface area contributed by atoms with Gasteiger partial charge in [-0.3, -0.25) is 10.0 Å². The number of methoxy groups -OCH3 is 1. The van der Waals surface area contributed by atoms with Crippen molar-refractivity contribution in [3.05, 3.63) is 65.4 Å². The summed E-state index contributed by atoms with van der Waals surface area (Å²) in [5.41, 5.74) is 5.14. The summed E-state index contributed by atoms with van der Waals surface area (Å²) in [5.74, 6) is 0.313. The summed E-state index contributed by atoms with van der Waals surface area (Å²) in [5, 5.41) is 9.71. The fraction of sp³-hybridized carbons (Fsp3) is 0.118. The summed E-state index contributed by atoms with van der Waals surface area (Å²) in [7, 11) is 1.65. The topological polar surface area (TPSA) is 74.3 Å². The number of ether oxygens (including phenoxy) is 1. The predicted molar refractivity (Wildman–Crippen MR) is 83.4 cm³/mol. The second-order valence-corrected chi connectivity index (χ2v) is 5.06. The molecule has 0 aliphatic rings. The third-order valence-electron chi connectivity index (χ3n) is 3.60. The minimum absolute atomic E-state index is 0.410. The molecule has 3 N–H and O–H groups in total. The monoisotopic (exact) mass is 296 g/mol. The summed E-state index contributed by atoms with van der Waals surface area (Å²) in [6.07, 6.45) is 0.764. The number of nitrogens with one attached hydrogen (secondary N) is 2. The molecule has 0 spiro atoms. The molecule has 0 aliphatic heterocycles. The van der Waals surface area contributed by atoms with E-state index in [0.717, 1.165) is 28.8 Å². The number of rotatable bonds is 4. The van der Waals surface area contributed by atoms with E-state index in [1.54, 1.807) is 24.7 Å². The number of amides is 1. The first-order valence-corrected chi connectivity index (χ1v) is 6.88. The van der Waals surface area contributed by atoms with Crippen molar-refractivity contribution in [2.45, 2.75) is 6.42 Å². The van der Waals surface area contributed by atoms with Gasteiger partial charge < -0.3 is 9.72 Å². The molecule has 0 saturated carbocycles. The van der Waals surface area contributed by atoms with E-state index in [1.807, 2.05) is 30.3 Å². The van der Waals surface area contributed by atoms with Gasteiger partial charge >= 0.3 is 0 Å². The summed E-state index contributed by atoms with van der Waals surface area (Å²) in [6, 6.07) is 15.2. The molecule has 0 bridgehead atoms. The molecule has 1 heterocycles. The molecule has 3 rings (SSSR count). The Morgan fingerprint density at radius 2 is 1.95 bits per heavy atom. The van der Waals surface area contributed by atoms with Gasteiger partial charge in [0.2, 0.25) is 0 Å². The Morgan fingerprint density at radius 3 is 2.64 bits per heavy atom. The first-order chi connectivity index (χ1) is 10.7. The molecule has 0 atom stereocenters. The number of benzene rings is 2. The molecule has 2 aromatic carbocycles. The second kappa shape index (κ2) is 5.91. The lowest BCUT2D eigenvalue weighted by Crippen LogP contribution is -2.18. The molecule has 1 amide bonds. The van der Waals surface area contributed by atoms with Gasteiger partial charge in [-0.05, 0) is 41.3 Å². The number of hydrogen-bond donors (Lipinski definition) is 3. The van der Waals surface area contributed by atoms with Gasteiger partial charge in [0, 0.05) is 23.2 Å². The Morgan fingerprint density at radius 1 is 1.18 bits per heavy atom. The second-order valence-electron chi connectivity index (χ2n) is 5.06. The van der Waals surface area contributed by atoms with Gasteiger partial charge in [-0.2, -0.15) is 0 Å². The van der Waals surface area contributed by atoms with Crippen molar-refractivity contribution >= 4 is 16.8 Å². The van der Waals surface area contributed by atoms with Crippen LogP contribution in [0.1, 0.15) is 21.6 Å². The van der Waals surface area contributed by atoms with Gasteiger partial charge in [-0.15, -0.1) is 0 Å². The molecule has 0 saturated heterocycles. The zero-order valence-electron chi connectivity index (χ0n) is 12.1. The van der Waals surface area contributed by atoms with E-state index >= 15 is 0 Å². The average Bonchev–Trinajstić information content (AvgIpc) is 2.96. The molecule has 0 fully saturated rings. The lowest BCUT2D eigenvalue weighted by molar-refractivity contribution is 0.0706. The van der Waals surface area contributed by atoms with Gasteiger partial charge in [0.05, 0.1) is 7.11 Å². The van der Waals surface area contributed by atoms with Gasteiger partial charge in [-0.1, -0.05) is 18.2 Å². The van der Waals surface area contributed by atoms with Crippen LogP contribution in [-0.2, 0) is 6.42 Å². The SMILES string of the molecule is COc1ccc(Cc2cc3ccc(C(=O)NO)cc3[nH]2)cc1. The average molecular weight is 296 g/mol. The number of carbonyl (C=O) groups excluding carboxylic acids is 1. The van der Waals surface area contributed by atoms with Crippen molar-refractivity contribution in [1.29, 1.82) is 0 Å². The Bertz CT molecular complexity index is 806. The van der Waals surface area contributed by atoms with Crippen LogP contribution in [0.3, 0.4) is 0 Å². The molecule has 1 aromatic heterocycles. The van der Waals surface area contributed by atoms with Crippen molar-refractivity contribution < 1.29 is 14.7 Å². The first kappa shape index (κ1) is 14.2. The summed E-state index contributed by atoms with van der Waals surface area (Å²) < 4.78 is 5.15. The number of carbonyl (C=O) groups is 1. The van der Waals surface area contributed by atoms with E-state index in [4.69, 9.17) is 9.94 Å². The Balaban J connectivity index is 1.86. The van der Waals surface area contributed by atoms with Crippen LogP contribution in [0.2, 0.25) is 0 Å². The fourth-order valence-electron chi connectivity index (χ4n) is 2.45. The van der Waals surface area contributed by atoms with Crippen molar-refractivity contribution in [3.8, 4) is 5.75 Å². The normalized spacial score (nSPS) is 10.6. The molecule has 0 radical (unpaired) electrons. The van der Waals surface area contributed by atoms with E-state index in [-0.39, 0.29) is 0 Å². The lowest BCUT2D eigenvalue weighted by atomic mass is 10.1. The van der Waals surface area contributed by atoms with E-state index in [9.17, 15) is 4.79 Å². The number of aromatic amines is 1. The molecule has 5 heteroatoms. The zero-order valence-corrected chi connectivity index (χ0v) is 12.1. The summed E-state index contributed by atoms with van der Waals surface area (Å²) in [4.78, 5) is 14.7. The molecule has 5 nitrogen and oxygen atoms in total. The van der Waals surface area contributed by atoms with Crippen LogP contribution in [0.25, 0.3) is 10.9 Å². The zero-order chi connectivity index (χ0) is 15.5. The van der Waals surface area contributed by atoms with Crippen molar-refractivity contribution in [2.24, 2.45) is 0 Å². The summed E-state index contributed by atoms with van der Waals surface area (Å²) >= 11 is 0. The molecule has 0 aliphatic carbocycles. The molecule has 3 aromatic rings. The first-order valence-electron chi connectivity index (χ1n) is 6.88. The molecular weight excluding hydrogens is 280 g/mol. The number of hydrogen-bond acceptors (Lipinski definition) is 3. The van der Waals surface area contributed by atoms with Crippen LogP contribution in [-0.4, -0.2) is 23.2 Å². The highest BCUT2D eigenvalue weighted by molar-refractivity contribution is 5.97. The maximum atomic E-state index is 11.4. The molecule has 112 valence electrons. The number of H-pyrrole nitrogens is 1. The highest BCUT2D eigenvalue weighted by atomic mass is 16.5. The van der Waals surface area contributed by atoms with Crippen LogP contribution in [0.4, 0.5) is 0 Å². The van der Waals surface area contributed by atoms with Gasteiger partial charge in [0.1, 0.15) is 5.75 Å². The third-order valence-corrected chi connectivity index (χ3v) is 3.60. The minimum atomic E-state index is -0.520. The molecule has 0 unspecified atom stereocenters. The van der Waals surface area contributed by atoms with E-state index < -0.39 is 5.91 Å². The number of aromatic nitrogens is 1. The Kier molecular flexibility index (Phi) is 3.80. The third kappa shape index (κ3) is 2.80. The van der Waals surface area contributed by atoms with Crippen LogP contribution in [0, 0.1) is 0 Å². The van der Waals surface area contributed by atoms with Crippen molar-refractivity contribution in [1.82, 2.24) is 10.5 Å². The van der Waals surface area contributed by atoms with E-state index in [2.05, 4.69) is 11.1 Å². The number of hydroxylamine groups is 1. The Hall–Kier alpha value is -2.79. The largest absolute Gasteiger partial charge is 0.497 e. The maximum Gasteiger partial charge on any atom is 0.274 e. The van der Waals surface area contributed by atoms with Crippen LogP contribution in [0.5, 0.6) is 5.75 Å². The van der Waals surface area contributed by atoms with Crippen LogP contribution in [0.15, 0.2) is 48.5 Å². The maximum absolute atomic E-state index is 11.4. The highest BCUT2D eigenvalue weighted by Crippen LogP contribution is 2.20. The summed E-state index contributed by atoms with van der Waals surface area (Å²) in [6.45, 7) is 0. The lowest BCUT2D eigenvalue weighted by Gasteiger charge is -2.02. The highest BCUT2D eigenvalue weighted by Gasteiger charge is 2.07. The van der Waals surface area contributed by atoms with Gasteiger partial charge in [0.25, 0.3) is 5.91 Å². The van der Waals surface area contributed by atoms with Crippen molar-refractivity contribution in [2.75, 3.05) is 7.11 Å². The van der Waals surface area contributed by atoms with Crippen LogP contribution < -0.4 is 10.2 Å². The molecule has 22 heavy (non-hydrogen) atoms. The van der Waals surface area contributed by atoms with Crippen molar-refractivity contribution in [3.63, 3.8) is 0 Å². The van der Waals surface area contributed by atoms with E-state index in [1.165, 1.54) is 5.56 Å². The standard InChI is InChI=1S/C17H16N2O3/c1-22-15-6-2-11(3-7-15)8-14-9-12-4-5-13(17(20)19-21)10-16(12)18-14/h2-7,9-10,18,21H,8H2,1H3,(H,19,20).